The molecule has 5 nitrogen and oxygen atoms in total. The minimum atomic E-state index is -0.625. The number of carbonyl (C=O) groups is 1. The Morgan fingerprint density at radius 1 is 1.40 bits per heavy atom. The van der Waals surface area contributed by atoms with Crippen LogP contribution in [0.25, 0.3) is 5.69 Å². The molecule has 1 amide bonds. The maximum Gasteiger partial charge on any atom is 0.273 e. The largest absolute Gasteiger partial charge is 0.389 e. The average molecular weight is 338 g/mol. The van der Waals surface area contributed by atoms with E-state index in [1.807, 2.05) is 18.2 Å². The average Bonchev–Trinajstić information content (AvgIpc) is 2.86. The summed E-state index contributed by atoms with van der Waals surface area (Å²) in [6.07, 6.45) is 1.09. The lowest BCUT2D eigenvalue weighted by Gasteiger charge is -2.12. The van der Waals surface area contributed by atoms with Gasteiger partial charge in [-0.25, -0.2) is 4.68 Å². The zero-order valence-corrected chi connectivity index (χ0v) is 13.1. The van der Waals surface area contributed by atoms with Crippen molar-refractivity contribution >= 4 is 21.8 Å². The quantitative estimate of drug-likeness (QED) is 0.935. The first-order chi connectivity index (χ1) is 9.40. The predicted octanol–water partition coefficient (Wildman–Crippen LogP) is 2.39. The van der Waals surface area contributed by atoms with E-state index < -0.39 is 6.10 Å². The van der Waals surface area contributed by atoms with Crippen LogP contribution in [-0.2, 0) is 0 Å². The number of aromatic nitrogens is 2. The fourth-order valence-corrected chi connectivity index (χ4v) is 2.25. The van der Waals surface area contributed by atoms with Crippen molar-refractivity contribution in [2.24, 2.45) is 0 Å². The second-order valence-electron chi connectivity index (χ2n) is 4.72. The summed E-state index contributed by atoms with van der Waals surface area (Å²) in [6.45, 7) is 1.70. The molecule has 0 spiro atoms. The van der Waals surface area contributed by atoms with Gasteiger partial charge in [0.25, 0.3) is 5.91 Å². The van der Waals surface area contributed by atoms with Crippen LogP contribution >= 0.6 is 15.9 Å². The van der Waals surface area contributed by atoms with E-state index in [0.717, 1.165) is 15.7 Å². The van der Waals surface area contributed by atoms with Crippen LogP contribution in [0.5, 0.6) is 0 Å². The third kappa shape index (κ3) is 2.91. The fourth-order valence-electron chi connectivity index (χ4n) is 1.87. The SMILES string of the molecule is CC(O)c1cc(Br)ccc1-n1ccc(C(=O)N(C)C)n1. The smallest absolute Gasteiger partial charge is 0.273 e. The second kappa shape index (κ2) is 5.76. The van der Waals surface area contributed by atoms with Crippen molar-refractivity contribution in [1.82, 2.24) is 14.7 Å². The van der Waals surface area contributed by atoms with Gasteiger partial charge in [0.1, 0.15) is 0 Å². The molecule has 20 heavy (non-hydrogen) atoms. The Morgan fingerprint density at radius 2 is 2.10 bits per heavy atom. The Hall–Kier alpha value is -1.66. The highest BCUT2D eigenvalue weighted by Crippen LogP contribution is 2.25. The van der Waals surface area contributed by atoms with E-state index in [4.69, 9.17) is 0 Å². The minimum absolute atomic E-state index is 0.153. The molecule has 0 aliphatic carbocycles. The van der Waals surface area contributed by atoms with Gasteiger partial charge in [-0.2, -0.15) is 5.10 Å². The van der Waals surface area contributed by atoms with Crippen LogP contribution in [0.4, 0.5) is 0 Å². The highest BCUT2D eigenvalue weighted by molar-refractivity contribution is 9.10. The number of halogens is 1. The van der Waals surface area contributed by atoms with E-state index in [0.29, 0.717) is 5.69 Å². The molecule has 1 heterocycles. The Bertz CT molecular complexity index is 635. The van der Waals surface area contributed by atoms with Crippen LogP contribution in [0.15, 0.2) is 34.9 Å². The molecule has 0 aliphatic heterocycles. The van der Waals surface area contributed by atoms with Gasteiger partial charge in [0.05, 0.1) is 11.8 Å². The molecular weight excluding hydrogens is 322 g/mol. The number of nitrogens with zero attached hydrogens (tertiary/aromatic N) is 3. The van der Waals surface area contributed by atoms with E-state index in [2.05, 4.69) is 21.0 Å². The number of hydrogen-bond acceptors (Lipinski definition) is 3. The molecule has 6 heteroatoms. The van der Waals surface area contributed by atoms with Crippen molar-refractivity contribution in [3.63, 3.8) is 0 Å². The first-order valence-corrected chi connectivity index (χ1v) is 6.94. The fraction of sp³-hybridized carbons (Fsp3) is 0.286. The number of carbonyl (C=O) groups excluding carboxylic acids is 1. The molecule has 1 aromatic heterocycles. The summed E-state index contributed by atoms with van der Waals surface area (Å²) in [7, 11) is 3.37. The Labute approximate surface area is 126 Å². The molecule has 2 aromatic rings. The van der Waals surface area contributed by atoms with Crippen LogP contribution in [0.1, 0.15) is 29.1 Å². The molecule has 1 N–H and O–H groups in total. The Kier molecular flexibility index (Phi) is 4.25. The summed E-state index contributed by atoms with van der Waals surface area (Å²) in [5.41, 5.74) is 1.86. The summed E-state index contributed by atoms with van der Waals surface area (Å²) in [5.74, 6) is -0.153. The molecule has 0 fully saturated rings. The van der Waals surface area contributed by atoms with Gasteiger partial charge >= 0.3 is 0 Å². The standard InChI is InChI=1S/C14H16BrN3O2/c1-9(19)11-8-10(15)4-5-13(11)18-7-6-12(16-18)14(20)17(2)3/h4-9,19H,1-3H3. The molecular formula is C14H16BrN3O2. The van der Waals surface area contributed by atoms with E-state index in [1.54, 1.807) is 38.0 Å². The summed E-state index contributed by atoms with van der Waals surface area (Å²) in [4.78, 5) is 13.3. The summed E-state index contributed by atoms with van der Waals surface area (Å²) >= 11 is 3.38. The Balaban J connectivity index is 2.45. The number of aliphatic hydroxyl groups is 1. The zero-order valence-electron chi connectivity index (χ0n) is 11.5. The molecule has 0 saturated carbocycles. The third-order valence-corrected chi connectivity index (χ3v) is 3.39. The predicted molar refractivity (Wildman–Crippen MR) is 79.9 cm³/mol. The number of aliphatic hydroxyl groups excluding tert-OH is 1. The topological polar surface area (TPSA) is 58.4 Å². The van der Waals surface area contributed by atoms with Crippen molar-refractivity contribution in [2.75, 3.05) is 14.1 Å². The van der Waals surface area contributed by atoms with Gasteiger partial charge in [-0.05, 0) is 31.2 Å². The number of amides is 1. The van der Waals surface area contributed by atoms with Crippen molar-refractivity contribution in [3.05, 3.63) is 46.2 Å². The van der Waals surface area contributed by atoms with E-state index >= 15 is 0 Å². The zero-order chi connectivity index (χ0) is 14.9. The maximum atomic E-state index is 11.9. The highest BCUT2D eigenvalue weighted by Gasteiger charge is 2.15. The van der Waals surface area contributed by atoms with Crippen molar-refractivity contribution in [3.8, 4) is 5.69 Å². The van der Waals surface area contributed by atoms with E-state index in [1.165, 1.54) is 4.90 Å². The number of rotatable bonds is 3. The van der Waals surface area contributed by atoms with Gasteiger partial charge in [-0.3, -0.25) is 4.79 Å². The molecule has 1 aromatic carbocycles. The molecule has 0 saturated heterocycles. The minimum Gasteiger partial charge on any atom is -0.389 e. The molecule has 1 atom stereocenters. The number of benzene rings is 1. The maximum absolute atomic E-state index is 11.9. The third-order valence-electron chi connectivity index (χ3n) is 2.90. The van der Waals surface area contributed by atoms with Crippen molar-refractivity contribution < 1.29 is 9.90 Å². The van der Waals surface area contributed by atoms with Gasteiger partial charge in [-0.15, -0.1) is 0 Å². The van der Waals surface area contributed by atoms with Crippen LogP contribution in [-0.4, -0.2) is 39.8 Å². The second-order valence-corrected chi connectivity index (χ2v) is 5.64. The van der Waals surface area contributed by atoms with Gasteiger partial charge in [0.2, 0.25) is 0 Å². The molecule has 0 aliphatic rings. The molecule has 0 bridgehead atoms. The van der Waals surface area contributed by atoms with Crippen LogP contribution in [0.3, 0.4) is 0 Å². The molecule has 0 radical (unpaired) electrons. The van der Waals surface area contributed by atoms with Crippen LogP contribution < -0.4 is 0 Å². The summed E-state index contributed by atoms with van der Waals surface area (Å²) in [6, 6.07) is 7.23. The molecule has 106 valence electrons. The lowest BCUT2D eigenvalue weighted by molar-refractivity contribution is 0.0821. The van der Waals surface area contributed by atoms with Gasteiger partial charge < -0.3 is 10.0 Å². The first-order valence-electron chi connectivity index (χ1n) is 6.15. The molecule has 1 unspecified atom stereocenters. The van der Waals surface area contributed by atoms with E-state index in [9.17, 15) is 9.90 Å². The van der Waals surface area contributed by atoms with E-state index in [-0.39, 0.29) is 5.91 Å². The summed E-state index contributed by atoms with van der Waals surface area (Å²) in [5, 5.41) is 14.1. The lowest BCUT2D eigenvalue weighted by Crippen LogP contribution is -2.22. The number of hydrogen-bond donors (Lipinski definition) is 1. The van der Waals surface area contributed by atoms with Gasteiger partial charge in [-0.1, -0.05) is 15.9 Å². The first kappa shape index (κ1) is 14.7. The van der Waals surface area contributed by atoms with Crippen molar-refractivity contribution in [1.29, 1.82) is 0 Å². The highest BCUT2D eigenvalue weighted by atomic mass is 79.9. The Morgan fingerprint density at radius 3 is 2.70 bits per heavy atom. The normalized spacial score (nSPS) is 12.2. The lowest BCUT2D eigenvalue weighted by atomic mass is 10.1. The van der Waals surface area contributed by atoms with Crippen molar-refractivity contribution in [2.45, 2.75) is 13.0 Å². The van der Waals surface area contributed by atoms with Gasteiger partial charge in [0.15, 0.2) is 5.69 Å². The molecule has 2 rings (SSSR count). The van der Waals surface area contributed by atoms with Crippen LogP contribution in [0, 0.1) is 0 Å². The van der Waals surface area contributed by atoms with Crippen LogP contribution in [0.2, 0.25) is 0 Å². The summed E-state index contributed by atoms with van der Waals surface area (Å²) < 4.78 is 2.49. The monoisotopic (exact) mass is 337 g/mol. The van der Waals surface area contributed by atoms with Gasteiger partial charge in [0, 0.05) is 30.3 Å².